The van der Waals surface area contributed by atoms with Crippen LogP contribution in [-0.2, 0) is 26.6 Å². The summed E-state index contributed by atoms with van der Waals surface area (Å²) in [6.45, 7) is 9.42. The highest BCUT2D eigenvalue weighted by molar-refractivity contribution is 7.98. The van der Waals surface area contributed by atoms with Crippen LogP contribution in [0.4, 0.5) is 0 Å². The van der Waals surface area contributed by atoms with Gasteiger partial charge in [0, 0.05) is 27.8 Å². The fourth-order valence-corrected chi connectivity index (χ4v) is 6.10. The number of aryl methyl sites for hydroxylation is 4. The molecule has 3 N–H and O–H groups in total. The maximum absolute atomic E-state index is 13.2. The molecule has 2 atom stereocenters. The van der Waals surface area contributed by atoms with Gasteiger partial charge in [0.15, 0.2) is 0 Å². The van der Waals surface area contributed by atoms with Crippen molar-refractivity contribution in [2.45, 2.75) is 78.1 Å². The second-order valence-electron chi connectivity index (χ2n) is 10.9. The number of hydrogen-bond acceptors (Lipinski definition) is 7. The van der Waals surface area contributed by atoms with Crippen LogP contribution in [0, 0.1) is 27.7 Å². The average molecular weight is 607 g/mol. The third kappa shape index (κ3) is 7.30. The quantitative estimate of drug-likeness (QED) is 0.170. The number of aliphatic carboxylic acids is 1. The molecule has 0 unspecified atom stereocenters. The molecule has 2 aromatic heterocycles. The molecule has 9 nitrogen and oxygen atoms in total. The van der Waals surface area contributed by atoms with Crippen molar-refractivity contribution < 1.29 is 28.3 Å². The molecule has 4 aromatic rings. The van der Waals surface area contributed by atoms with E-state index in [0.29, 0.717) is 46.3 Å². The molecule has 2 aromatic carbocycles. The molecular formula is C33H38N2O7S. The first-order chi connectivity index (χ1) is 20.5. The van der Waals surface area contributed by atoms with E-state index in [1.54, 1.807) is 6.92 Å². The number of amides is 2. The van der Waals surface area contributed by atoms with Crippen molar-refractivity contribution in [3.63, 3.8) is 0 Å². The number of thioether (sulfide) groups is 1. The summed E-state index contributed by atoms with van der Waals surface area (Å²) < 4.78 is 11.6. The summed E-state index contributed by atoms with van der Waals surface area (Å²) in [5.74, 6) is -0.681. The Morgan fingerprint density at radius 2 is 1.58 bits per heavy atom. The number of carboxylic acids is 1. The monoisotopic (exact) mass is 606 g/mol. The molecule has 0 bridgehead atoms. The number of rotatable bonds is 13. The first-order valence-electron chi connectivity index (χ1n) is 14.4. The molecule has 0 radical (unpaired) electrons. The molecule has 0 saturated carbocycles. The Bertz CT molecular complexity index is 1710. The summed E-state index contributed by atoms with van der Waals surface area (Å²) in [7, 11) is 0. The zero-order valence-electron chi connectivity index (χ0n) is 25.2. The Kier molecular flexibility index (Phi) is 10.3. The second kappa shape index (κ2) is 13.9. The lowest BCUT2D eigenvalue weighted by atomic mass is 9.98. The van der Waals surface area contributed by atoms with Gasteiger partial charge in [-0.15, -0.1) is 0 Å². The number of benzene rings is 2. The summed E-state index contributed by atoms with van der Waals surface area (Å²) >= 11 is 1.40. The van der Waals surface area contributed by atoms with Gasteiger partial charge in [-0.05, 0) is 56.9 Å². The van der Waals surface area contributed by atoms with Gasteiger partial charge in [-0.3, -0.25) is 9.59 Å². The normalized spacial score (nSPS) is 12.8. The SMILES string of the molecule is CCCC[C@@H](NC(=O)Cc1c(C)c2cc3c(C)c(C)oc3c(C)c2oc1=O)C(=O)N[C@H](CSCc1ccccc1)C(=O)O. The number of fused-ring (bicyclic) bond motifs is 2. The third-order valence-electron chi connectivity index (χ3n) is 7.79. The molecule has 228 valence electrons. The number of unbranched alkanes of at least 4 members (excludes halogenated alkanes) is 1. The van der Waals surface area contributed by atoms with Gasteiger partial charge in [0.1, 0.15) is 29.0 Å². The van der Waals surface area contributed by atoms with E-state index in [2.05, 4.69) is 10.6 Å². The summed E-state index contributed by atoms with van der Waals surface area (Å²) in [5, 5.41) is 16.7. The lowest BCUT2D eigenvalue weighted by Crippen LogP contribution is -2.52. The molecule has 0 aliphatic rings. The lowest BCUT2D eigenvalue weighted by molar-refractivity contribution is -0.141. The van der Waals surface area contributed by atoms with E-state index in [1.807, 2.05) is 64.1 Å². The molecule has 0 fully saturated rings. The number of furan rings is 1. The first-order valence-corrected chi connectivity index (χ1v) is 15.6. The van der Waals surface area contributed by atoms with Gasteiger partial charge in [-0.1, -0.05) is 50.1 Å². The highest BCUT2D eigenvalue weighted by atomic mass is 32.2. The highest BCUT2D eigenvalue weighted by Gasteiger charge is 2.27. The maximum Gasteiger partial charge on any atom is 0.340 e. The fraction of sp³-hybridized carbons (Fsp3) is 0.394. The van der Waals surface area contributed by atoms with Crippen molar-refractivity contribution in [3.8, 4) is 0 Å². The zero-order valence-corrected chi connectivity index (χ0v) is 26.0. The Labute approximate surface area is 254 Å². The maximum atomic E-state index is 13.2. The van der Waals surface area contributed by atoms with Crippen LogP contribution < -0.4 is 16.3 Å². The minimum atomic E-state index is -1.15. The van der Waals surface area contributed by atoms with E-state index in [4.69, 9.17) is 8.83 Å². The number of carbonyl (C=O) groups is 3. The largest absolute Gasteiger partial charge is 0.480 e. The fourth-order valence-electron chi connectivity index (χ4n) is 5.10. The van der Waals surface area contributed by atoms with Crippen LogP contribution in [0.25, 0.3) is 21.9 Å². The summed E-state index contributed by atoms with van der Waals surface area (Å²) in [6, 6.07) is 9.51. The Morgan fingerprint density at radius 1 is 0.907 bits per heavy atom. The Balaban J connectivity index is 1.49. The van der Waals surface area contributed by atoms with E-state index < -0.39 is 35.5 Å². The van der Waals surface area contributed by atoms with Gasteiger partial charge in [0.2, 0.25) is 11.8 Å². The molecule has 2 heterocycles. The second-order valence-corrected chi connectivity index (χ2v) is 11.9. The molecule has 4 rings (SSSR count). The molecule has 43 heavy (non-hydrogen) atoms. The van der Waals surface area contributed by atoms with Crippen LogP contribution in [0.1, 0.15) is 59.8 Å². The molecule has 2 amide bonds. The third-order valence-corrected chi connectivity index (χ3v) is 8.90. The number of carboxylic acid groups (broad SMARTS) is 1. The van der Waals surface area contributed by atoms with E-state index in [1.165, 1.54) is 11.8 Å². The summed E-state index contributed by atoms with van der Waals surface area (Å²) in [4.78, 5) is 51.4. The summed E-state index contributed by atoms with van der Waals surface area (Å²) in [5.41, 5.74) is 4.05. The van der Waals surface area contributed by atoms with Crippen molar-refractivity contribution in [2.24, 2.45) is 0 Å². The van der Waals surface area contributed by atoms with Crippen molar-refractivity contribution >= 4 is 51.5 Å². The molecular weight excluding hydrogens is 568 g/mol. The summed E-state index contributed by atoms with van der Waals surface area (Å²) in [6.07, 6.45) is 1.48. The standard InChI is InChI=1S/C33H38N2O7S/c1-6-7-13-26(31(37)35-27(32(38)39)17-43-16-22-11-9-8-10-12-22)34-28(36)15-25-19(3)24-14-23-18(2)21(5)41-29(23)20(4)30(24)42-33(25)40/h8-12,14,26-27H,6-7,13,15-17H2,1-5H3,(H,34,36)(H,35,37)(H,38,39)/t26-,27-/m1/s1. The number of hydrogen-bond donors (Lipinski definition) is 3. The molecule has 0 aliphatic carbocycles. The van der Waals surface area contributed by atoms with Crippen LogP contribution in [0.2, 0.25) is 0 Å². The smallest absolute Gasteiger partial charge is 0.340 e. The van der Waals surface area contributed by atoms with Crippen molar-refractivity contribution in [1.82, 2.24) is 10.6 Å². The van der Waals surface area contributed by atoms with Gasteiger partial charge in [-0.2, -0.15) is 11.8 Å². The molecule has 10 heteroatoms. The predicted octanol–water partition coefficient (Wildman–Crippen LogP) is 5.49. The van der Waals surface area contributed by atoms with Crippen molar-refractivity contribution in [2.75, 3.05) is 5.75 Å². The van der Waals surface area contributed by atoms with Gasteiger partial charge in [0.05, 0.1) is 12.0 Å². The van der Waals surface area contributed by atoms with Gasteiger partial charge in [-0.25, -0.2) is 9.59 Å². The Hall–Kier alpha value is -4.05. The van der Waals surface area contributed by atoms with E-state index in [9.17, 15) is 24.3 Å². The molecule has 0 saturated heterocycles. The van der Waals surface area contributed by atoms with Gasteiger partial charge >= 0.3 is 11.6 Å². The predicted molar refractivity (Wildman–Crippen MR) is 169 cm³/mol. The minimum absolute atomic E-state index is 0.171. The topological polar surface area (TPSA) is 139 Å². The minimum Gasteiger partial charge on any atom is -0.480 e. The van der Waals surface area contributed by atoms with E-state index in [-0.39, 0.29) is 17.7 Å². The van der Waals surface area contributed by atoms with Crippen LogP contribution >= 0.6 is 11.8 Å². The van der Waals surface area contributed by atoms with E-state index in [0.717, 1.165) is 28.7 Å². The highest BCUT2D eigenvalue weighted by Crippen LogP contribution is 2.34. The van der Waals surface area contributed by atoms with Crippen molar-refractivity contribution in [3.05, 3.63) is 80.4 Å². The first kappa shape index (κ1) is 31.9. The van der Waals surface area contributed by atoms with Crippen LogP contribution in [0.5, 0.6) is 0 Å². The van der Waals surface area contributed by atoms with Crippen LogP contribution in [0.15, 0.2) is 50.0 Å². The molecule has 0 spiro atoms. The van der Waals surface area contributed by atoms with Crippen molar-refractivity contribution in [1.29, 1.82) is 0 Å². The van der Waals surface area contributed by atoms with Gasteiger partial charge in [0.25, 0.3) is 0 Å². The van der Waals surface area contributed by atoms with Gasteiger partial charge < -0.3 is 24.6 Å². The van der Waals surface area contributed by atoms with E-state index >= 15 is 0 Å². The lowest BCUT2D eigenvalue weighted by Gasteiger charge is -2.21. The number of nitrogens with one attached hydrogen (secondary N) is 2. The Morgan fingerprint density at radius 3 is 2.26 bits per heavy atom. The molecule has 0 aliphatic heterocycles. The average Bonchev–Trinajstić information content (AvgIpc) is 3.27. The zero-order chi connectivity index (χ0) is 31.3. The van der Waals surface area contributed by atoms with Crippen LogP contribution in [-0.4, -0.2) is 40.7 Å². The van der Waals surface area contributed by atoms with Crippen LogP contribution in [0.3, 0.4) is 0 Å². The number of carbonyl (C=O) groups excluding carboxylic acids is 2.